The van der Waals surface area contributed by atoms with Crippen LogP contribution in [0.5, 0.6) is 5.88 Å². The molecule has 1 aromatic carbocycles. The zero-order valence-corrected chi connectivity index (χ0v) is 16.0. The molecule has 0 saturated carbocycles. The van der Waals surface area contributed by atoms with E-state index >= 15 is 0 Å². The third-order valence-corrected chi connectivity index (χ3v) is 4.58. The molecule has 1 amide bonds. The predicted molar refractivity (Wildman–Crippen MR) is 98.3 cm³/mol. The molecule has 1 aliphatic rings. The van der Waals surface area contributed by atoms with Crippen molar-refractivity contribution in [2.75, 3.05) is 26.2 Å². The number of halogens is 3. The molecule has 3 rings (SSSR count). The maximum Gasteiger partial charge on any atom is 0.433 e. The largest absolute Gasteiger partial charge is 0.477 e. The van der Waals surface area contributed by atoms with Gasteiger partial charge in [-0.15, -0.1) is 5.10 Å². The Balaban J connectivity index is 1.43. The van der Waals surface area contributed by atoms with E-state index in [1.807, 2.05) is 30.3 Å². The highest BCUT2D eigenvalue weighted by Gasteiger charge is 2.35. The van der Waals surface area contributed by atoms with Gasteiger partial charge in [0, 0.05) is 38.8 Å². The van der Waals surface area contributed by atoms with Gasteiger partial charge in [-0.25, -0.2) is 4.79 Å². The number of benzene rings is 1. The Bertz CT molecular complexity index is 811. The summed E-state index contributed by atoms with van der Waals surface area (Å²) in [6, 6.07) is 10.2. The van der Waals surface area contributed by atoms with Crippen LogP contribution in [0.2, 0.25) is 0 Å². The van der Waals surface area contributed by atoms with Crippen LogP contribution in [0.3, 0.4) is 0 Å². The zero-order chi connectivity index (χ0) is 20.9. The normalized spacial score (nSPS) is 17.2. The van der Waals surface area contributed by atoms with Gasteiger partial charge in [-0.1, -0.05) is 30.3 Å². The number of amides is 1. The molecule has 1 aromatic heterocycles. The van der Waals surface area contributed by atoms with Crippen molar-refractivity contribution in [3.8, 4) is 5.88 Å². The number of carbonyl (C=O) groups excluding carboxylic acids is 1. The topological polar surface area (TPSA) is 68.6 Å². The summed E-state index contributed by atoms with van der Waals surface area (Å²) in [6.07, 6.45) is -4.35. The molecule has 2 heterocycles. The van der Waals surface area contributed by atoms with Crippen LogP contribution in [-0.4, -0.2) is 53.1 Å². The third-order valence-electron chi connectivity index (χ3n) is 4.58. The second kappa shape index (κ2) is 9.17. The van der Waals surface area contributed by atoms with E-state index in [-0.39, 0.29) is 31.2 Å². The maximum absolute atomic E-state index is 12.8. The van der Waals surface area contributed by atoms with E-state index in [0.29, 0.717) is 26.1 Å². The van der Waals surface area contributed by atoms with Gasteiger partial charge in [0.25, 0.3) is 0 Å². The fourth-order valence-corrected chi connectivity index (χ4v) is 3.08. The van der Waals surface area contributed by atoms with Crippen molar-refractivity contribution in [3.63, 3.8) is 0 Å². The number of piperazine rings is 1. The number of aromatic nitrogens is 2. The molecular weight excluding hydrogens is 389 g/mol. The molecule has 0 spiro atoms. The molecule has 1 fully saturated rings. The summed E-state index contributed by atoms with van der Waals surface area (Å²) in [5.74, 6) is -0.0743. The molecule has 7 nitrogen and oxygen atoms in total. The molecule has 1 aliphatic heterocycles. The van der Waals surface area contributed by atoms with Crippen molar-refractivity contribution in [1.29, 1.82) is 0 Å². The smallest absolute Gasteiger partial charge is 0.433 e. The van der Waals surface area contributed by atoms with E-state index in [2.05, 4.69) is 10.4 Å². The van der Waals surface area contributed by atoms with Crippen molar-refractivity contribution >= 4 is 6.09 Å². The highest BCUT2D eigenvalue weighted by molar-refractivity contribution is 5.67. The van der Waals surface area contributed by atoms with Gasteiger partial charge in [-0.3, -0.25) is 4.68 Å². The molecule has 29 heavy (non-hydrogen) atoms. The molecule has 0 aliphatic carbocycles. The van der Waals surface area contributed by atoms with Gasteiger partial charge in [-0.2, -0.15) is 13.2 Å². The molecule has 10 heteroatoms. The summed E-state index contributed by atoms with van der Waals surface area (Å²) in [6.45, 7) is 1.96. The second-order valence-corrected chi connectivity index (χ2v) is 6.76. The molecule has 0 radical (unpaired) electrons. The predicted octanol–water partition coefficient (Wildman–Crippen LogP) is 2.82. The van der Waals surface area contributed by atoms with Crippen LogP contribution in [0.15, 0.2) is 36.4 Å². The standard InChI is InChI=1S/C19H23F3N4O3/c1-25-16(19(20,21)22)11-17(24-25)28-10-7-15-12-26(9-8-23-15)18(27)29-13-14-5-3-2-4-6-14/h2-6,11,15,23H,7-10,12-13H2,1H3/t15-/m1/s1. The van der Waals surface area contributed by atoms with E-state index < -0.39 is 11.9 Å². The van der Waals surface area contributed by atoms with Gasteiger partial charge in [0.15, 0.2) is 0 Å². The minimum Gasteiger partial charge on any atom is -0.477 e. The Morgan fingerprint density at radius 2 is 2.07 bits per heavy atom. The van der Waals surface area contributed by atoms with Gasteiger partial charge >= 0.3 is 12.3 Å². The monoisotopic (exact) mass is 412 g/mol. The Labute approximate surface area is 166 Å². The Morgan fingerprint density at radius 3 is 2.76 bits per heavy atom. The molecule has 1 atom stereocenters. The molecule has 1 N–H and O–H groups in total. The number of aryl methyl sites for hydroxylation is 1. The zero-order valence-electron chi connectivity index (χ0n) is 16.0. The number of carbonyl (C=O) groups is 1. The van der Waals surface area contributed by atoms with Crippen molar-refractivity contribution < 1.29 is 27.4 Å². The van der Waals surface area contributed by atoms with Crippen molar-refractivity contribution in [1.82, 2.24) is 20.0 Å². The summed E-state index contributed by atoms with van der Waals surface area (Å²) in [7, 11) is 1.22. The second-order valence-electron chi connectivity index (χ2n) is 6.76. The summed E-state index contributed by atoms with van der Waals surface area (Å²) < 4.78 is 49.8. The molecule has 0 bridgehead atoms. The lowest BCUT2D eigenvalue weighted by Gasteiger charge is -2.33. The highest BCUT2D eigenvalue weighted by atomic mass is 19.4. The van der Waals surface area contributed by atoms with E-state index in [4.69, 9.17) is 9.47 Å². The fourth-order valence-electron chi connectivity index (χ4n) is 3.08. The number of hydrogen-bond donors (Lipinski definition) is 1. The first kappa shape index (κ1) is 21.0. The number of rotatable bonds is 6. The van der Waals surface area contributed by atoms with Crippen LogP contribution >= 0.6 is 0 Å². The Kier molecular flexibility index (Phi) is 6.63. The first-order valence-corrected chi connectivity index (χ1v) is 9.26. The molecule has 2 aromatic rings. The summed E-state index contributed by atoms with van der Waals surface area (Å²) in [5, 5.41) is 7.00. The van der Waals surface area contributed by atoms with Crippen LogP contribution in [0.4, 0.5) is 18.0 Å². The quantitative estimate of drug-likeness (QED) is 0.790. The average Bonchev–Trinajstić information content (AvgIpc) is 3.08. The van der Waals surface area contributed by atoms with Crippen LogP contribution in [0.25, 0.3) is 0 Å². The van der Waals surface area contributed by atoms with Gasteiger partial charge in [-0.05, 0) is 12.0 Å². The molecule has 158 valence electrons. The van der Waals surface area contributed by atoms with Crippen LogP contribution in [-0.2, 0) is 24.6 Å². The van der Waals surface area contributed by atoms with Gasteiger partial charge in [0.2, 0.25) is 5.88 Å². The van der Waals surface area contributed by atoms with Crippen LogP contribution < -0.4 is 10.1 Å². The Morgan fingerprint density at radius 1 is 1.31 bits per heavy atom. The molecule has 0 unspecified atom stereocenters. The van der Waals surface area contributed by atoms with Crippen molar-refractivity contribution in [2.24, 2.45) is 7.05 Å². The maximum atomic E-state index is 12.8. The third kappa shape index (κ3) is 5.86. The lowest BCUT2D eigenvalue weighted by Crippen LogP contribution is -2.53. The van der Waals surface area contributed by atoms with E-state index in [9.17, 15) is 18.0 Å². The number of nitrogens with zero attached hydrogens (tertiary/aromatic N) is 3. The van der Waals surface area contributed by atoms with Crippen molar-refractivity contribution in [2.45, 2.75) is 25.2 Å². The summed E-state index contributed by atoms with van der Waals surface area (Å²) in [4.78, 5) is 13.9. The molecule has 1 saturated heterocycles. The van der Waals surface area contributed by atoms with E-state index in [1.165, 1.54) is 7.05 Å². The summed E-state index contributed by atoms with van der Waals surface area (Å²) in [5.41, 5.74) is 0.0464. The first-order chi connectivity index (χ1) is 13.8. The minimum atomic E-state index is -4.48. The lowest BCUT2D eigenvalue weighted by atomic mass is 10.1. The van der Waals surface area contributed by atoms with Crippen LogP contribution in [0.1, 0.15) is 17.7 Å². The highest BCUT2D eigenvalue weighted by Crippen LogP contribution is 2.30. The van der Waals surface area contributed by atoms with Crippen LogP contribution in [0, 0.1) is 0 Å². The number of ether oxygens (including phenoxy) is 2. The van der Waals surface area contributed by atoms with Gasteiger partial charge in [0.05, 0.1) is 6.61 Å². The average molecular weight is 412 g/mol. The number of alkyl halides is 3. The van der Waals surface area contributed by atoms with Gasteiger partial charge < -0.3 is 19.7 Å². The minimum absolute atomic E-state index is 0.0428. The van der Waals surface area contributed by atoms with E-state index in [1.54, 1.807) is 4.90 Å². The Hall–Kier alpha value is -2.75. The van der Waals surface area contributed by atoms with Crippen molar-refractivity contribution in [3.05, 3.63) is 47.7 Å². The lowest BCUT2D eigenvalue weighted by molar-refractivity contribution is -0.143. The first-order valence-electron chi connectivity index (χ1n) is 9.26. The number of hydrogen-bond acceptors (Lipinski definition) is 5. The van der Waals surface area contributed by atoms with E-state index in [0.717, 1.165) is 16.3 Å². The SMILES string of the molecule is Cn1nc(OCC[C@@H]2CN(C(=O)OCc3ccccc3)CCN2)cc1C(F)(F)F. The number of nitrogens with one attached hydrogen (secondary N) is 1. The fraction of sp³-hybridized carbons (Fsp3) is 0.474. The molecular formula is C19H23F3N4O3. The van der Waals surface area contributed by atoms with Gasteiger partial charge in [0.1, 0.15) is 12.3 Å². The summed E-state index contributed by atoms with van der Waals surface area (Å²) >= 11 is 0.